The van der Waals surface area contributed by atoms with Crippen molar-refractivity contribution in [2.24, 2.45) is 0 Å². The van der Waals surface area contributed by atoms with Crippen LogP contribution < -0.4 is 10.6 Å². The number of nitrogens with one attached hydrogen (secondary N) is 2. The van der Waals surface area contributed by atoms with Gasteiger partial charge < -0.3 is 10.6 Å². The molecule has 124 valence electrons. The molecule has 0 spiro atoms. The number of thioether (sulfide) groups is 1. The van der Waals surface area contributed by atoms with Crippen LogP contribution in [0.15, 0.2) is 36.9 Å². The Balaban J connectivity index is 1.91. The van der Waals surface area contributed by atoms with Crippen molar-refractivity contribution in [1.82, 2.24) is 15.1 Å². The van der Waals surface area contributed by atoms with Gasteiger partial charge in [-0.15, -0.1) is 6.58 Å². The maximum absolute atomic E-state index is 12.1. The van der Waals surface area contributed by atoms with Crippen molar-refractivity contribution in [3.63, 3.8) is 0 Å². The number of hydrogen-bond acceptors (Lipinski definition) is 4. The molecule has 2 heterocycles. The molecule has 1 aromatic heterocycles. The smallest absolute Gasteiger partial charge is 0.314 e. The second-order valence-corrected chi connectivity index (χ2v) is 6.53. The lowest BCUT2D eigenvalue weighted by Crippen LogP contribution is -2.36. The summed E-state index contributed by atoms with van der Waals surface area (Å²) < 4.78 is 1.64. The normalized spacial score (nSPS) is 12.5. The lowest BCUT2D eigenvalue weighted by molar-refractivity contribution is -0.136. The third-order valence-corrected chi connectivity index (χ3v) is 4.69. The zero-order valence-electron chi connectivity index (χ0n) is 12.7. The van der Waals surface area contributed by atoms with Crippen molar-refractivity contribution in [3.05, 3.63) is 53.2 Å². The molecule has 1 aliphatic rings. The second-order valence-electron chi connectivity index (χ2n) is 5.11. The molecule has 2 aromatic rings. The Morgan fingerprint density at radius 2 is 2.04 bits per heavy atom. The molecule has 1 aromatic carbocycles. The number of anilines is 1. The molecule has 0 aliphatic carbocycles. The minimum atomic E-state index is -0.730. The Kier molecular flexibility index (Phi) is 4.92. The second kappa shape index (κ2) is 7.11. The van der Waals surface area contributed by atoms with E-state index in [9.17, 15) is 9.59 Å². The molecular weight excluding hydrogens is 348 g/mol. The standard InChI is InChI=1S/C16H15ClN4O2S/c1-2-7-18-15(22)16(23)19-14-12-8-24-9-13(12)20-21(14)11-5-3-10(17)4-6-11/h2-6H,1,7-9H2,(H,18,22)(H,19,23). The van der Waals surface area contributed by atoms with Gasteiger partial charge in [0, 0.05) is 28.6 Å². The number of rotatable bonds is 4. The fourth-order valence-corrected chi connectivity index (χ4v) is 3.48. The summed E-state index contributed by atoms with van der Waals surface area (Å²) in [6.45, 7) is 3.73. The third kappa shape index (κ3) is 3.32. The quantitative estimate of drug-likeness (QED) is 0.647. The molecule has 24 heavy (non-hydrogen) atoms. The molecular formula is C16H15ClN4O2S. The number of fused-ring (bicyclic) bond motifs is 1. The average Bonchev–Trinajstić information content (AvgIpc) is 3.16. The molecule has 0 saturated carbocycles. The van der Waals surface area contributed by atoms with Crippen LogP contribution in [0.3, 0.4) is 0 Å². The van der Waals surface area contributed by atoms with E-state index in [1.807, 2.05) is 12.1 Å². The summed E-state index contributed by atoms with van der Waals surface area (Å²) in [4.78, 5) is 23.9. The van der Waals surface area contributed by atoms with Crippen molar-refractivity contribution in [2.45, 2.75) is 11.5 Å². The minimum absolute atomic E-state index is 0.233. The van der Waals surface area contributed by atoms with Crippen molar-refractivity contribution < 1.29 is 9.59 Å². The van der Waals surface area contributed by atoms with Gasteiger partial charge >= 0.3 is 11.8 Å². The van der Waals surface area contributed by atoms with E-state index >= 15 is 0 Å². The summed E-state index contributed by atoms with van der Waals surface area (Å²) in [5, 5.41) is 10.3. The summed E-state index contributed by atoms with van der Waals surface area (Å²) in [6.07, 6.45) is 1.51. The molecule has 0 radical (unpaired) electrons. The molecule has 0 fully saturated rings. The lowest BCUT2D eigenvalue weighted by Gasteiger charge is -2.11. The summed E-state index contributed by atoms with van der Waals surface area (Å²) in [5.41, 5.74) is 2.62. The van der Waals surface area contributed by atoms with Gasteiger partial charge in [0.15, 0.2) is 0 Å². The van der Waals surface area contributed by atoms with Gasteiger partial charge in [-0.25, -0.2) is 4.68 Å². The van der Waals surface area contributed by atoms with Gasteiger partial charge in [-0.3, -0.25) is 9.59 Å². The zero-order chi connectivity index (χ0) is 17.1. The Morgan fingerprint density at radius 3 is 2.75 bits per heavy atom. The van der Waals surface area contributed by atoms with E-state index in [-0.39, 0.29) is 6.54 Å². The molecule has 0 bridgehead atoms. The number of benzene rings is 1. The molecule has 0 unspecified atom stereocenters. The minimum Gasteiger partial charge on any atom is -0.344 e. The van der Waals surface area contributed by atoms with E-state index in [1.54, 1.807) is 28.6 Å². The molecule has 2 amide bonds. The Morgan fingerprint density at radius 1 is 1.29 bits per heavy atom. The van der Waals surface area contributed by atoms with Gasteiger partial charge in [-0.05, 0) is 24.3 Å². The van der Waals surface area contributed by atoms with Crippen LogP contribution in [0.1, 0.15) is 11.3 Å². The Bertz CT molecular complexity index is 801. The van der Waals surface area contributed by atoms with Crippen molar-refractivity contribution in [2.75, 3.05) is 11.9 Å². The van der Waals surface area contributed by atoms with Gasteiger partial charge in [0.25, 0.3) is 0 Å². The van der Waals surface area contributed by atoms with Crippen LogP contribution in [0, 0.1) is 0 Å². The van der Waals surface area contributed by atoms with Crippen molar-refractivity contribution in [1.29, 1.82) is 0 Å². The number of aromatic nitrogens is 2. The molecule has 2 N–H and O–H groups in total. The lowest BCUT2D eigenvalue weighted by atomic mass is 10.2. The largest absolute Gasteiger partial charge is 0.344 e. The first kappa shape index (κ1) is 16.6. The number of halogens is 1. The topological polar surface area (TPSA) is 76.0 Å². The number of hydrogen-bond donors (Lipinski definition) is 2. The van der Waals surface area contributed by atoms with Crippen molar-refractivity contribution >= 4 is 41.0 Å². The van der Waals surface area contributed by atoms with E-state index in [0.717, 1.165) is 28.5 Å². The molecule has 8 heteroatoms. The maximum atomic E-state index is 12.1. The molecule has 1 aliphatic heterocycles. The van der Waals surface area contributed by atoms with Crippen LogP contribution in [0.5, 0.6) is 0 Å². The van der Waals surface area contributed by atoms with Gasteiger partial charge in [-0.2, -0.15) is 16.9 Å². The molecule has 0 atom stereocenters. The van der Waals surface area contributed by atoms with E-state index in [2.05, 4.69) is 22.3 Å². The van der Waals surface area contributed by atoms with Crippen LogP contribution >= 0.6 is 23.4 Å². The zero-order valence-corrected chi connectivity index (χ0v) is 14.3. The van der Waals surface area contributed by atoms with Crippen LogP contribution in [-0.4, -0.2) is 28.1 Å². The van der Waals surface area contributed by atoms with Gasteiger partial charge in [0.2, 0.25) is 0 Å². The number of carbonyl (C=O) groups is 2. The highest BCUT2D eigenvalue weighted by Crippen LogP contribution is 2.36. The SMILES string of the molecule is C=CCNC(=O)C(=O)Nc1c2c(nn1-c1ccc(Cl)cc1)CSC2. The third-order valence-electron chi connectivity index (χ3n) is 3.47. The van der Waals surface area contributed by atoms with Gasteiger partial charge in [0.05, 0.1) is 11.4 Å². The Labute approximate surface area is 148 Å². The predicted octanol–water partition coefficient (Wildman–Crippen LogP) is 2.51. The number of nitrogens with zero attached hydrogens (tertiary/aromatic N) is 2. The van der Waals surface area contributed by atoms with Crippen LogP contribution in [-0.2, 0) is 21.1 Å². The first-order valence-electron chi connectivity index (χ1n) is 7.24. The average molecular weight is 363 g/mol. The highest BCUT2D eigenvalue weighted by molar-refractivity contribution is 7.98. The van der Waals surface area contributed by atoms with Crippen molar-refractivity contribution in [3.8, 4) is 5.69 Å². The Hall–Kier alpha value is -2.25. The van der Waals surface area contributed by atoms with E-state index in [1.165, 1.54) is 6.08 Å². The molecule has 3 rings (SSSR count). The van der Waals surface area contributed by atoms with Gasteiger partial charge in [0.1, 0.15) is 5.82 Å². The number of amides is 2. The van der Waals surface area contributed by atoms with Gasteiger partial charge in [-0.1, -0.05) is 17.7 Å². The maximum Gasteiger partial charge on any atom is 0.314 e. The fourth-order valence-electron chi connectivity index (χ4n) is 2.32. The van der Waals surface area contributed by atoms with Crippen LogP contribution in [0.25, 0.3) is 5.69 Å². The predicted molar refractivity (Wildman–Crippen MR) is 95.4 cm³/mol. The monoisotopic (exact) mass is 362 g/mol. The first-order chi connectivity index (χ1) is 11.6. The number of carbonyl (C=O) groups excluding carboxylic acids is 2. The van der Waals surface area contributed by atoms with E-state index in [4.69, 9.17) is 11.6 Å². The molecule has 6 nitrogen and oxygen atoms in total. The summed E-state index contributed by atoms with van der Waals surface area (Å²) in [6, 6.07) is 7.12. The van der Waals surface area contributed by atoms with Crippen LogP contribution in [0.2, 0.25) is 5.02 Å². The first-order valence-corrected chi connectivity index (χ1v) is 8.78. The highest BCUT2D eigenvalue weighted by atomic mass is 35.5. The van der Waals surface area contributed by atoms with E-state index < -0.39 is 11.8 Å². The summed E-state index contributed by atoms with van der Waals surface area (Å²) >= 11 is 7.64. The van der Waals surface area contributed by atoms with Crippen LogP contribution in [0.4, 0.5) is 5.82 Å². The fraction of sp³-hybridized carbons (Fsp3) is 0.188. The highest BCUT2D eigenvalue weighted by Gasteiger charge is 2.26. The summed E-state index contributed by atoms with van der Waals surface area (Å²) in [7, 11) is 0. The summed E-state index contributed by atoms with van der Waals surface area (Å²) in [5.74, 6) is 0.606. The molecule has 0 saturated heterocycles. The van der Waals surface area contributed by atoms with E-state index in [0.29, 0.717) is 10.8 Å².